The Labute approximate surface area is 148 Å². The summed E-state index contributed by atoms with van der Waals surface area (Å²) in [5, 5.41) is 10.4. The van der Waals surface area contributed by atoms with Crippen LogP contribution in [0.25, 0.3) is 10.9 Å². The first-order valence-electron chi connectivity index (χ1n) is 7.68. The van der Waals surface area contributed by atoms with Crippen molar-refractivity contribution in [3.8, 4) is 6.07 Å². The number of rotatable bonds is 3. The number of nitriles is 1. The molecule has 0 radical (unpaired) electrons. The van der Waals surface area contributed by atoms with E-state index in [4.69, 9.17) is 16.9 Å². The molecular formula is C18H15ClN4O2. The monoisotopic (exact) mass is 354 g/mol. The van der Waals surface area contributed by atoms with Gasteiger partial charge in [-0.05, 0) is 35.6 Å². The molecule has 0 bridgehead atoms. The van der Waals surface area contributed by atoms with Crippen molar-refractivity contribution >= 4 is 22.5 Å². The number of H-pyrrole nitrogens is 1. The summed E-state index contributed by atoms with van der Waals surface area (Å²) in [7, 11) is 1.53. The molecule has 3 aromatic rings. The van der Waals surface area contributed by atoms with E-state index in [9.17, 15) is 9.59 Å². The van der Waals surface area contributed by atoms with Gasteiger partial charge in [-0.15, -0.1) is 0 Å². The number of halogens is 1. The molecular weight excluding hydrogens is 340 g/mol. The van der Waals surface area contributed by atoms with E-state index in [1.807, 2.05) is 13.0 Å². The maximum Gasteiger partial charge on any atom is 0.272 e. The van der Waals surface area contributed by atoms with E-state index in [1.54, 1.807) is 24.3 Å². The Bertz CT molecular complexity index is 1120. The molecule has 0 aliphatic rings. The molecule has 3 rings (SSSR count). The van der Waals surface area contributed by atoms with E-state index in [0.29, 0.717) is 28.2 Å². The number of hydrogen-bond donors (Lipinski definition) is 1. The summed E-state index contributed by atoms with van der Waals surface area (Å²) < 4.78 is 1.26. The zero-order valence-electron chi connectivity index (χ0n) is 13.7. The SMILES string of the molecule is C[C@H](Cc1ncc(C#N)n(C)c1=O)c1cc2cc(Cl)ccc2[nH]c1=O. The van der Waals surface area contributed by atoms with Gasteiger partial charge in [0.2, 0.25) is 0 Å². The largest absolute Gasteiger partial charge is 0.322 e. The smallest absolute Gasteiger partial charge is 0.272 e. The van der Waals surface area contributed by atoms with Gasteiger partial charge in [0.05, 0.1) is 6.20 Å². The van der Waals surface area contributed by atoms with Gasteiger partial charge in [0.15, 0.2) is 0 Å². The maximum atomic E-state index is 12.4. The predicted octanol–water partition coefficient (Wildman–Crippen LogP) is 2.49. The lowest BCUT2D eigenvalue weighted by Crippen LogP contribution is -2.26. The van der Waals surface area contributed by atoms with E-state index < -0.39 is 0 Å². The fourth-order valence-corrected chi connectivity index (χ4v) is 2.97. The van der Waals surface area contributed by atoms with Crippen molar-refractivity contribution in [3.63, 3.8) is 0 Å². The van der Waals surface area contributed by atoms with Crippen LogP contribution in [0, 0.1) is 11.3 Å². The van der Waals surface area contributed by atoms with Crippen molar-refractivity contribution in [2.75, 3.05) is 0 Å². The molecule has 1 aromatic carbocycles. The number of aromatic amines is 1. The summed E-state index contributed by atoms with van der Waals surface area (Å²) in [6.07, 6.45) is 1.67. The standard InChI is InChI=1S/C18H15ClN4O2/c1-10(5-16-18(25)23(2)13(8-20)9-21-16)14-7-11-6-12(19)3-4-15(11)22-17(14)24/h3-4,6-7,9-10H,5H2,1-2H3,(H,22,24)/t10-/m1/s1. The molecule has 25 heavy (non-hydrogen) atoms. The van der Waals surface area contributed by atoms with E-state index >= 15 is 0 Å². The van der Waals surface area contributed by atoms with Crippen LogP contribution in [0.3, 0.4) is 0 Å². The van der Waals surface area contributed by atoms with E-state index in [-0.39, 0.29) is 22.7 Å². The highest BCUT2D eigenvalue weighted by atomic mass is 35.5. The Morgan fingerprint density at radius 2 is 2.12 bits per heavy atom. The highest BCUT2D eigenvalue weighted by molar-refractivity contribution is 6.31. The van der Waals surface area contributed by atoms with Crippen LogP contribution in [0.15, 0.2) is 40.1 Å². The third kappa shape index (κ3) is 3.19. The topological polar surface area (TPSA) is 91.5 Å². The molecule has 0 aliphatic heterocycles. The Balaban J connectivity index is 2.01. The molecule has 1 atom stereocenters. The predicted molar refractivity (Wildman–Crippen MR) is 95.9 cm³/mol. The van der Waals surface area contributed by atoms with Crippen LogP contribution in [0.5, 0.6) is 0 Å². The van der Waals surface area contributed by atoms with Crippen molar-refractivity contribution in [3.05, 3.63) is 73.1 Å². The third-order valence-electron chi connectivity index (χ3n) is 4.24. The quantitative estimate of drug-likeness (QED) is 0.782. The zero-order chi connectivity index (χ0) is 18.1. The van der Waals surface area contributed by atoms with Gasteiger partial charge in [-0.3, -0.25) is 14.6 Å². The fraction of sp³-hybridized carbons (Fsp3) is 0.222. The molecule has 2 aromatic heterocycles. The molecule has 0 aliphatic carbocycles. The van der Waals surface area contributed by atoms with Gasteiger partial charge >= 0.3 is 0 Å². The summed E-state index contributed by atoms with van der Waals surface area (Å²) in [6, 6.07) is 8.96. The molecule has 0 saturated heterocycles. The first kappa shape index (κ1) is 16.9. The average molecular weight is 355 g/mol. The van der Waals surface area contributed by atoms with Crippen LogP contribution in [0.1, 0.15) is 29.8 Å². The number of nitrogens with one attached hydrogen (secondary N) is 1. The zero-order valence-corrected chi connectivity index (χ0v) is 14.5. The Morgan fingerprint density at radius 3 is 2.84 bits per heavy atom. The second kappa shape index (κ2) is 6.54. The first-order valence-corrected chi connectivity index (χ1v) is 8.06. The van der Waals surface area contributed by atoms with Crippen LogP contribution in [0.2, 0.25) is 5.02 Å². The number of pyridine rings is 1. The molecule has 0 amide bonds. The molecule has 0 saturated carbocycles. The van der Waals surface area contributed by atoms with Crippen molar-refractivity contribution in [1.82, 2.24) is 14.5 Å². The van der Waals surface area contributed by atoms with Gasteiger partial charge < -0.3 is 9.55 Å². The molecule has 7 heteroatoms. The molecule has 0 unspecified atom stereocenters. The second-order valence-corrected chi connectivity index (χ2v) is 6.39. The van der Waals surface area contributed by atoms with Gasteiger partial charge in [-0.1, -0.05) is 18.5 Å². The third-order valence-corrected chi connectivity index (χ3v) is 4.47. The van der Waals surface area contributed by atoms with Crippen LogP contribution in [-0.2, 0) is 13.5 Å². The Morgan fingerprint density at radius 1 is 1.36 bits per heavy atom. The summed E-state index contributed by atoms with van der Waals surface area (Å²) in [5.41, 5.74) is 1.25. The molecule has 0 spiro atoms. The average Bonchev–Trinajstić information content (AvgIpc) is 2.59. The van der Waals surface area contributed by atoms with E-state index in [2.05, 4.69) is 9.97 Å². The van der Waals surface area contributed by atoms with Gasteiger partial charge in [0.1, 0.15) is 17.5 Å². The number of fused-ring (bicyclic) bond motifs is 1. The number of hydrogen-bond acceptors (Lipinski definition) is 4. The minimum atomic E-state index is -0.328. The fourth-order valence-electron chi connectivity index (χ4n) is 2.79. The van der Waals surface area contributed by atoms with Crippen LogP contribution >= 0.6 is 11.6 Å². The number of nitrogens with zero attached hydrogens (tertiary/aromatic N) is 3. The summed E-state index contributed by atoms with van der Waals surface area (Å²) in [5.74, 6) is -0.222. The Kier molecular flexibility index (Phi) is 4.43. The lowest BCUT2D eigenvalue weighted by molar-refractivity contribution is 0.697. The van der Waals surface area contributed by atoms with Gasteiger partial charge in [0.25, 0.3) is 11.1 Å². The highest BCUT2D eigenvalue weighted by Gasteiger charge is 2.16. The number of benzene rings is 1. The lowest BCUT2D eigenvalue weighted by Gasteiger charge is -2.12. The maximum absolute atomic E-state index is 12.4. The summed E-state index contributed by atoms with van der Waals surface area (Å²) >= 11 is 6.01. The lowest BCUT2D eigenvalue weighted by atomic mass is 9.96. The van der Waals surface area contributed by atoms with E-state index in [0.717, 1.165) is 5.39 Å². The van der Waals surface area contributed by atoms with Crippen LogP contribution in [0.4, 0.5) is 0 Å². The minimum Gasteiger partial charge on any atom is -0.322 e. The van der Waals surface area contributed by atoms with Gasteiger partial charge in [-0.25, -0.2) is 0 Å². The van der Waals surface area contributed by atoms with Gasteiger partial charge in [0, 0.05) is 29.6 Å². The highest BCUT2D eigenvalue weighted by Crippen LogP contribution is 2.21. The molecule has 2 heterocycles. The van der Waals surface area contributed by atoms with Crippen molar-refractivity contribution in [2.45, 2.75) is 19.3 Å². The van der Waals surface area contributed by atoms with Crippen LogP contribution in [-0.4, -0.2) is 14.5 Å². The molecule has 126 valence electrons. The van der Waals surface area contributed by atoms with Crippen molar-refractivity contribution in [1.29, 1.82) is 5.26 Å². The normalized spacial score (nSPS) is 12.1. The Hall–Kier alpha value is -2.91. The molecule has 1 N–H and O–H groups in total. The van der Waals surface area contributed by atoms with Crippen molar-refractivity contribution in [2.24, 2.45) is 7.05 Å². The van der Waals surface area contributed by atoms with Gasteiger partial charge in [-0.2, -0.15) is 5.26 Å². The van der Waals surface area contributed by atoms with Crippen LogP contribution < -0.4 is 11.1 Å². The summed E-state index contributed by atoms with van der Waals surface area (Å²) in [4.78, 5) is 31.6. The molecule has 0 fully saturated rings. The van der Waals surface area contributed by atoms with E-state index in [1.165, 1.54) is 17.8 Å². The summed E-state index contributed by atoms with van der Waals surface area (Å²) in [6.45, 7) is 1.86. The first-order chi connectivity index (χ1) is 11.9. The molecule has 6 nitrogen and oxygen atoms in total. The van der Waals surface area contributed by atoms with Crippen molar-refractivity contribution < 1.29 is 0 Å². The minimum absolute atomic E-state index is 0.194. The number of aromatic nitrogens is 3. The second-order valence-electron chi connectivity index (χ2n) is 5.96.